The molecule has 0 aromatic heterocycles. The van der Waals surface area contributed by atoms with Crippen LogP contribution >= 0.6 is 11.6 Å². The highest BCUT2D eigenvalue weighted by atomic mass is 35.5. The Bertz CT molecular complexity index is 477. The molecule has 0 spiro atoms. The minimum Gasteiger partial charge on any atom is -0.478 e. The van der Waals surface area contributed by atoms with Crippen molar-refractivity contribution >= 4 is 29.2 Å². The van der Waals surface area contributed by atoms with Gasteiger partial charge < -0.3 is 15.3 Å². The number of halogens is 1. The zero-order valence-corrected chi connectivity index (χ0v) is 11.7. The number of amides is 1. The summed E-state index contributed by atoms with van der Waals surface area (Å²) in [4.78, 5) is 24.5. The van der Waals surface area contributed by atoms with Crippen LogP contribution in [0.4, 0.5) is 5.69 Å². The molecule has 0 aliphatic rings. The van der Waals surface area contributed by atoms with E-state index in [1.165, 1.54) is 6.07 Å². The highest BCUT2D eigenvalue weighted by molar-refractivity contribution is 6.34. The number of anilines is 1. The Morgan fingerprint density at radius 1 is 1.42 bits per heavy atom. The van der Waals surface area contributed by atoms with E-state index >= 15 is 0 Å². The van der Waals surface area contributed by atoms with Crippen LogP contribution < -0.4 is 10.2 Å². The highest BCUT2D eigenvalue weighted by Gasteiger charge is 2.20. The third-order valence-corrected chi connectivity index (χ3v) is 2.97. The van der Waals surface area contributed by atoms with Gasteiger partial charge in [-0.15, -0.1) is 0 Å². The van der Waals surface area contributed by atoms with Gasteiger partial charge in [0.2, 0.25) is 5.91 Å². The maximum Gasteiger partial charge on any atom is 0.339 e. The number of benzene rings is 1. The van der Waals surface area contributed by atoms with Crippen molar-refractivity contribution in [2.24, 2.45) is 0 Å². The largest absolute Gasteiger partial charge is 0.478 e. The second-order valence-corrected chi connectivity index (χ2v) is 4.44. The number of carbonyl (C=O) groups is 2. The smallest absolute Gasteiger partial charge is 0.339 e. The van der Waals surface area contributed by atoms with Crippen LogP contribution in [0, 0.1) is 0 Å². The Hall–Kier alpha value is -1.75. The van der Waals surface area contributed by atoms with Crippen LogP contribution in [0.2, 0.25) is 5.02 Å². The third-order valence-electron chi connectivity index (χ3n) is 2.65. The van der Waals surface area contributed by atoms with Crippen LogP contribution in [0.25, 0.3) is 0 Å². The highest BCUT2D eigenvalue weighted by Crippen LogP contribution is 2.27. The number of hydrogen-bond donors (Lipinski definition) is 2. The second kappa shape index (κ2) is 6.99. The van der Waals surface area contributed by atoms with Crippen molar-refractivity contribution in [1.29, 1.82) is 0 Å². The first kappa shape index (κ1) is 15.3. The SMILES string of the molecule is CCCN(CC(=O)NC)c1cccc(Cl)c1C(=O)O. The van der Waals surface area contributed by atoms with Gasteiger partial charge in [0.05, 0.1) is 17.3 Å². The normalized spacial score (nSPS) is 10.1. The maximum atomic E-state index is 11.5. The molecular weight excluding hydrogens is 268 g/mol. The molecule has 0 radical (unpaired) electrons. The zero-order chi connectivity index (χ0) is 14.4. The number of carbonyl (C=O) groups excluding carboxylic acids is 1. The van der Waals surface area contributed by atoms with Gasteiger partial charge in [-0.3, -0.25) is 4.79 Å². The fourth-order valence-electron chi connectivity index (χ4n) is 1.79. The molecule has 2 N–H and O–H groups in total. The number of hydrogen-bond acceptors (Lipinski definition) is 3. The molecule has 19 heavy (non-hydrogen) atoms. The number of rotatable bonds is 6. The molecular formula is C13H17ClN2O3. The van der Waals surface area contributed by atoms with Crippen molar-refractivity contribution in [2.75, 3.05) is 25.0 Å². The van der Waals surface area contributed by atoms with E-state index in [2.05, 4.69) is 5.32 Å². The van der Waals surface area contributed by atoms with Crippen LogP contribution in [-0.4, -0.2) is 37.1 Å². The van der Waals surface area contributed by atoms with E-state index in [1.54, 1.807) is 24.1 Å². The van der Waals surface area contributed by atoms with Crippen molar-refractivity contribution in [2.45, 2.75) is 13.3 Å². The van der Waals surface area contributed by atoms with Crippen LogP contribution in [0.1, 0.15) is 23.7 Å². The van der Waals surface area contributed by atoms with E-state index in [1.807, 2.05) is 6.92 Å². The first-order valence-electron chi connectivity index (χ1n) is 5.98. The second-order valence-electron chi connectivity index (χ2n) is 4.03. The van der Waals surface area contributed by atoms with Gasteiger partial charge in [0, 0.05) is 13.6 Å². The molecule has 1 amide bonds. The summed E-state index contributed by atoms with van der Waals surface area (Å²) in [5.74, 6) is -1.27. The summed E-state index contributed by atoms with van der Waals surface area (Å²) in [6, 6.07) is 4.86. The van der Waals surface area contributed by atoms with Gasteiger partial charge >= 0.3 is 5.97 Å². The standard InChI is InChI=1S/C13H17ClN2O3/c1-3-7-16(8-11(17)15-2)10-6-4-5-9(14)12(10)13(18)19/h4-6H,3,7-8H2,1-2H3,(H,15,17)(H,18,19). The number of nitrogens with zero attached hydrogens (tertiary/aromatic N) is 1. The predicted octanol–water partition coefficient (Wildman–Crippen LogP) is 2.00. The predicted molar refractivity (Wildman–Crippen MR) is 75.0 cm³/mol. The Labute approximate surface area is 117 Å². The molecule has 0 bridgehead atoms. The van der Waals surface area contributed by atoms with Gasteiger partial charge in [-0.2, -0.15) is 0 Å². The molecule has 0 atom stereocenters. The number of carboxylic acids is 1. The minimum atomic E-state index is -1.10. The van der Waals surface area contributed by atoms with Gasteiger partial charge in [-0.25, -0.2) is 4.79 Å². The van der Waals surface area contributed by atoms with E-state index in [-0.39, 0.29) is 23.0 Å². The van der Waals surface area contributed by atoms with Crippen LogP contribution in [0.3, 0.4) is 0 Å². The minimum absolute atomic E-state index is 0.0292. The molecule has 6 heteroatoms. The van der Waals surface area contributed by atoms with E-state index in [9.17, 15) is 14.7 Å². The van der Waals surface area contributed by atoms with Crippen molar-refractivity contribution in [3.05, 3.63) is 28.8 Å². The molecule has 0 aliphatic heterocycles. The molecule has 0 saturated heterocycles. The van der Waals surface area contributed by atoms with Gasteiger partial charge in [-0.05, 0) is 18.6 Å². The van der Waals surface area contributed by atoms with E-state index < -0.39 is 5.97 Å². The summed E-state index contributed by atoms with van der Waals surface area (Å²) < 4.78 is 0. The van der Waals surface area contributed by atoms with E-state index in [0.717, 1.165) is 6.42 Å². The lowest BCUT2D eigenvalue weighted by Crippen LogP contribution is -2.37. The lowest BCUT2D eigenvalue weighted by Gasteiger charge is -2.25. The Morgan fingerprint density at radius 2 is 2.11 bits per heavy atom. The maximum absolute atomic E-state index is 11.5. The first-order chi connectivity index (χ1) is 9.01. The summed E-state index contributed by atoms with van der Waals surface area (Å²) in [7, 11) is 1.54. The van der Waals surface area contributed by atoms with Crippen LogP contribution in [0.5, 0.6) is 0 Å². The molecule has 1 rings (SSSR count). The average Bonchev–Trinajstić information content (AvgIpc) is 2.37. The van der Waals surface area contributed by atoms with Crippen molar-refractivity contribution in [1.82, 2.24) is 5.32 Å². The number of likely N-dealkylation sites (N-methyl/N-ethyl adjacent to an activating group) is 1. The fraction of sp³-hybridized carbons (Fsp3) is 0.385. The molecule has 0 fully saturated rings. The lowest BCUT2D eigenvalue weighted by molar-refractivity contribution is -0.119. The molecule has 1 aromatic rings. The molecule has 0 heterocycles. The summed E-state index contributed by atoms with van der Waals surface area (Å²) in [6.07, 6.45) is 0.794. The van der Waals surface area contributed by atoms with Crippen molar-refractivity contribution < 1.29 is 14.7 Å². The first-order valence-corrected chi connectivity index (χ1v) is 6.36. The lowest BCUT2D eigenvalue weighted by atomic mass is 10.1. The summed E-state index contributed by atoms with van der Waals surface area (Å²) in [5, 5.41) is 11.9. The summed E-state index contributed by atoms with van der Waals surface area (Å²) in [5.41, 5.74) is 0.493. The number of nitrogens with one attached hydrogen (secondary N) is 1. The Kier molecular flexibility index (Phi) is 5.63. The molecule has 104 valence electrons. The Balaban J connectivity index is 3.18. The van der Waals surface area contributed by atoms with Gasteiger partial charge in [-0.1, -0.05) is 24.6 Å². The molecule has 0 aliphatic carbocycles. The van der Waals surface area contributed by atoms with Gasteiger partial charge in [0.1, 0.15) is 5.56 Å². The monoisotopic (exact) mass is 284 g/mol. The van der Waals surface area contributed by atoms with E-state index in [4.69, 9.17) is 11.6 Å². The molecule has 1 aromatic carbocycles. The molecule has 0 saturated carbocycles. The molecule has 5 nitrogen and oxygen atoms in total. The van der Waals surface area contributed by atoms with E-state index in [0.29, 0.717) is 12.2 Å². The quantitative estimate of drug-likeness (QED) is 0.838. The zero-order valence-electron chi connectivity index (χ0n) is 10.9. The van der Waals surface area contributed by atoms with Crippen LogP contribution in [0.15, 0.2) is 18.2 Å². The summed E-state index contributed by atoms with van der Waals surface area (Å²) in [6.45, 7) is 2.64. The average molecular weight is 285 g/mol. The Morgan fingerprint density at radius 3 is 2.63 bits per heavy atom. The van der Waals surface area contributed by atoms with Gasteiger partial charge in [0.25, 0.3) is 0 Å². The third kappa shape index (κ3) is 3.86. The van der Waals surface area contributed by atoms with Crippen molar-refractivity contribution in [3.63, 3.8) is 0 Å². The fourth-order valence-corrected chi connectivity index (χ4v) is 2.05. The molecule has 0 unspecified atom stereocenters. The van der Waals surface area contributed by atoms with Crippen molar-refractivity contribution in [3.8, 4) is 0 Å². The summed E-state index contributed by atoms with van der Waals surface area (Å²) >= 11 is 5.93. The number of aromatic carboxylic acids is 1. The topological polar surface area (TPSA) is 69.6 Å². The van der Waals surface area contributed by atoms with Gasteiger partial charge in [0.15, 0.2) is 0 Å². The number of carboxylic acid groups (broad SMARTS) is 1. The van der Waals surface area contributed by atoms with Crippen LogP contribution in [-0.2, 0) is 4.79 Å².